The fourth-order valence-corrected chi connectivity index (χ4v) is 1.56. The molecule has 5 heteroatoms. The van der Waals surface area contributed by atoms with Crippen molar-refractivity contribution in [1.82, 2.24) is 0 Å². The van der Waals surface area contributed by atoms with Crippen molar-refractivity contribution in [1.29, 1.82) is 0 Å². The van der Waals surface area contributed by atoms with Crippen LogP contribution < -0.4 is 0 Å². The quantitative estimate of drug-likeness (QED) is 0.809. The van der Waals surface area contributed by atoms with E-state index in [1.165, 1.54) is 0 Å². The van der Waals surface area contributed by atoms with E-state index in [0.29, 0.717) is 18.9 Å². The maximum atomic E-state index is 13.1. The Hall–Kier alpha value is -1.07. The number of aliphatic hydroxyl groups is 1. The second-order valence-electron chi connectivity index (χ2n) is 3.92. The molecule has 2 nitrogen and oxygen atoms in total. The summed E-state index contributed by atoms with van der Waals surface area (Å²) in [6, 6.07) is 1.30. The van der Waals surface area contributed by atoms with Crippen molar-refractivity contribution in [3.63, 3.8) is 0 Å². The summed E-state index contributed by atoms with van der Waals surface area (Å²) in [5, 5.41) is 8.99. The van der Waals surface area contributed by atoms with Crippen molar-refractivity contribution < 1.29 is 23.0 Å². The molecule has 1 N–H and O–H groups in total. The first-order valence-corrected chi connectivity index (χ1v) is 4.99. The molecular formula is C11H11F3O2. The lowest BCUT2D eigenvalue weighted by Gasteiger charge is -2.31. The average Bonchev–Trinajstić information content (AvgIpc) is 2.18. The summed E-state index contributed by atoms with van der Waals surface area (Å²) < 4.78 is 43.8. The van der Waals surface area contributed by atoms with Crippen LogP contribution in [-0.2, 0) is 11.3 Å². The highest BCUT2D eigenvalue weighted by Gasteiger charge is 2.28. The molecule has 1 aromatic rings. The van der Waals surface area contributed by atoms with Gasteiger partial charge in [0.05, 0.1) is 18.8 Å². The smallest absolute Gasteiger partial charge is 0.161 e. The van der Waals surface area contributed by atoms with Crippen LogP contribution in [0.1, 0.15) is 18.4 Å². The zero-order valence-corrected chi connectivity index (χ0v) is 8.42. The molecule has 0 aliphatic heterocycles. The number of aliphatic hydroxyl groups excluding tert-OH is 1. The van der Waals surface area contributed by atoms with Gasteiger partial charge in [0.2, 0.25) is 0 Å². The largest absolute Gasteiger partial charge is 0.393 e. The summed E-state index contributed by atoms with van der Waals surface area (Å²) in [6.07, 6.45) is 0.527. The first-order chi connectivity index (χ1) is 7.56. The maximum Gasteiger partial charge on any atom is 0.161 e. The fourth-order valence-electron chi connectivity index (χ4n) is 1.56. The Morgan fingerprint density at radius 3 is 2.38 bits per heavy atom. The van der Waals surface area contributed by atoms with Gasteiger partial charge in [0.25, 0.3) is 0 Å². The van der Waals surface area contributed by atoms with Gasteiger partial charge in [-0.1, -0.05) is 0 Å². The lowest BCUT2D eigenvalue weighted by atomic mass is 9.92. The molecule has 1 aliphatic rings. The van der Waals surface area contributed by atoms with E-state index in [0.717, 1.165) is 6.07 Å². The highest BCUT2D eigenvalue weighted by Crippen LogP contribution is 2.24. The van der Waals surface area contributed by atoms with Crippen molar-refractivity contribution in [2.24, 2.45) is 0 Å². The van der Waals surface area contributed by atoms with E-state index in [1.54, 1.807) is 0 Å². The Kier molecular flexibility index (Phi) is 3.16. The molecular weight excluding hydrogens is 221 g/mol. The molecule has 0 atom stereocenters. The minimum Gasteiger partial charge on any atom is -0.393 e. The Bertz CT molecular complexity index is 389. The summed E-state index contributed by atoms with van der Waals surface area (Å²) in [5.41, 5.74) is -0.0136. The Labute approximate surface area is 90.7 Å². The third-order valence-corrected chi connectivity index (χ3v) is 2.63. The summed E-state index contributed by atoms with van der Waals surface area (Å²) in [6.45, 7) is -0.111. The monoisotopic (exact) mass is 232 g/mol. The van der Waals surface area contributed by atoms with Crippen LogP contribution in [0.5, 0.6) is 0 Å². The predicted octanol–water partition coefficient (Wildman–Crippen LogP) is 2.14. The Morgan fingerprint density at radius 1 is 1.12 bits per heavy atom. The Morgan fingerprint density at radius 2 is 1.75 bits per heavy atom. The molecule has 0 bridgehead atoms. The van der Waals surface area contributed by atoms with Crippen LogP contribution in [-0.4, -0.2) is 17.3 Å². The van der Waals surface area contributed by atoms with Crippen LogP contribution in [0, 0.1) is 17.5 Å². The molecule has 0 saturated heterocycles. The van der Waals surface area contributed by atoms with Gasteiger partial charge in [-0.2, -0.15) is 0 Å². The van der Waals surface area contributed by atoms with Crippen molar-refractivity contribution in [3.05, 3.63) is 35.1 Å². The first kappa shape index (κ1) is 11.4. The van der Waals surface area contributed by atoms with E-state index < -0.39 is 17.5 Å². The van der Waals surface area contributed by atoms with Crippen molar-refractivity contribution in [3.8, 4) is 0 Å². The molecule has 1 aromatic carbocycles. The maximum absolute atomic E-state index is 13.1. The molecule has 1 saturated carbocycles. The van der Waals surface area contributed by atoms with Crippen LogP contribution in [0.15, 0.2) is 12.1 Å². The van der Waals surface area contributed by atoms with Crippen molar-refractivity contribution in [2.45, 2.75) is 31.7 Å². The van der Waals surface area contributed by atoms with Crippen LogP contribution in [0.3, 0.4) is 0 Å². The third-order valence-electron chi connectivity index (χ3n) is 2.63. The topological polar surface area (TPSA) is 29.5 Å². The summed E-state index contributed by atoms with van der Waals surface area (Å²) >= 11 is 0. The minimum atomic E-state index is -1.21. The van der Waals surface area contributed by atoms with E-state index in [1.807, 2.05) is 0 Å². The van der Waals surface area contributed by atoms with E-state index in [4.69, 9.17) is 9.84 Å². The zero-order chi connectivity index (χ0) is 11.7. The summed E-state index contributed by atoms with van der Waals surface area (Å²) in [7, 11) is 0. The molecule has 0 radical (unpaired) electrons. The SMILES string of the molecule is OC1CC(OCc2cc(F)c(F)cc2F)C1. The molecule has 88 valence electrons. The lowest BCUT2D eigenvalue weighted by molar-refractivity contribution is -0.0784. The van der Waals surface area contributed by atoms with Crippen molar-refractivity contribution in [2.75, 3.05) is 0 Å². The normalized spacial score (nSPS) is 24.2. The van der Waals surface area contributed by atoms with Gasteiger partial charge in [-0.25, -0.2) is 13.2 Å². The summed E-state index contributed by atoms with van der Waals surface area (Å²) in [5.74, 6) is -3.12. The number of hydrogen-bond acceptors (Lipinski definition) is 2. The number of hydrogen-bond donors (Lipinski definition) is 1. The van der Waals surface area contributed by atoms with Crippen LogP contribution >= 0.6 is 0 Å². The molecule has 0 unspecified atom stereocenters. The zero-order valence-electron chi connectivity index (χ0n) is 8.42. The van der Waals surface area contributed by atoms with Crippen molar-refractivity contribution >= 4 is 0 Å². The average molecular weight is 232 g/mol. The molecule has 0 heterocycles. The second kappa shape index (κ2) is 4.43. The molecule has 0 aromatic heterocycles. The van der Waals surface area contributed by atoms with E-state index in [-0.39, 0.29) is 24.4 Å². The van der Waals surface area contributed by atoms with E-state index in [2.05, 4.69) is 0 Å². The molecule has 2 rings (SSSR count). The van der Waals surface area contributed by atoms with E-state index >= 15 is 0 Å². The predicted molar refractivity (Wildman–Crippen MR) is 50.1 cm³/mol. The van der Waals surface area contributed by atoms with Crippen LogP contribution in [0.4, 0.5) is 13.2 Å². The van der Waals surface area contributed by atoms with Gasteiger partial charge in [0, 0.05) is 11.6 Å². The number of rotatable bonds is 3. The lowest BCUT2D eigenvalue weighted by Crippen LogP contribution is -2.35. The van der Waals surface area contributed by atoms with Gasteiger partial charge in [-0.05, 0) is 18.9 Å². The molecule has 0 spiro atoms. The van der Waals surface area contributed by atoms with Gasteiger partial charge >= 0.3 is 0 Å². The van der Waals surface area contributed by atoms with Crippen LogP contribution in [0.25, 0.3) is 0 Å². The third kappa shape index (κ3) is 2.36. The molecule has 0 amide bonds. The van der Waals surface area contributed by atoms with E-state index in [9.17, 15) is 13.2 Å². The van der Waals surface area contributed by atoms with Gasteiger partial charge in [0.15, 0.2) is 11.6 Å². The standard InChI is InChI=1S/C11H11F3O2/c12-9-4-11(14)10(13)1-6(9)5-16-8-2-7(15)3-8/h1,4,7-8,15H,2-3,5H2. The highest BCUT2D eigenvalue weighted by molar-refractivity contribution is 5.19. The van der Waals surface area contributed by atoms with Gasteiger partial charge < -0.3 is 9.84 Å². The summed E-state index contributed by atoms with van der Waals surface area (Å²) in [4.78, 5) is 0. The van der Waals surface area contributed by atoms with Crippen LogP contribution in [0.2, 0.25) is 0 Å². The fraction of sp³-hybridized carbons (Fsp3) is 0.455. The highest BCUT2D eigenvalue weighted by atomic mass is 19.2. The number of halogens is 3. The Balaban J connectivity index is 1.96. The number of benzene rings is 1. The molecule has 1 aliphatic carbocycles. The minimum absolute atomic E-state index is 0.0136. The second-order valence-corrected chi connectivity index (χ2v) is 3.92. The molecule has 16 heavy (non-hydrogen) atoms. The number of ether oxygens (including phenoxy) is 1. The first-order valence-electron chi connectivity index (χ1n) is 4.99. The van der Waals surface area contributed by atoms with Gasteiger partial charge in [-0.3, -0.25) is 0 Å². The molecule has 1 fully saturated rings. The van der Waals surface area contributed by atoms with Gasteiger partial charge in [-0.15, -0.1) is 0 Å². The van der Waals surface area contributed by atoms with Gasteiger partial charge in [0.1, 0.15) is 5.82 Å².